The Balaban J connectivity index is 1.72. The molecule has 0 aromatic heterocycles. The molecule has 29 heavy (non-hydrogen) atoms. The van der Waals surface area contributed by atoms with E-state index in [0.29, 0.717) is 31.1 Å². The molecule has 2 aromatic carbocycles. The molecule has 2 atom stereocenters. The lowest BCUT2D eigenvalue weighted by molar-refractivity contribution is -0.909. The van der Waals surface area contributed by atoms with Gasteiger partial charge >= 0.3 is 0 Å². The van der Waals surface area contributed by atoms with Crippen molar-refractivity contribution in [3.63, 3.8) is 0 Å². The van der Waals surface area contributed by atoms with Crippen LogP contribution in [0.5, 0.6) is 0 Å². The molecule has 3 rings (SSSR count). The van der Waals surface area contributed by atoms with Crippen molar-refractivity contribution in [1.29, 1.82) is 0 Å². The van der Waals surface area contributed by atoms with E-state index in [1.165, 1.54) is 24.3 Å². The van der Waals surface area contributed by atoms with Crippen LogP contribution in [0.1, 0.15) is 30.3 Å². The smallest absolute Gasteiger partial charge is 0.278 e. The predicted molar refractivity (Wildman–Crippen MR) is 109 cm³/mol. The van der Waals surface area contributed by atoms with E-state index >= 15 is 0 Å². The lowest BCUT2D eigenvalue weighted by Gasteiger charge is -2.27. The first kappa shape index (κ1) is 21.7. The summed E-state index contributed by atoms with van der Waals surface area (Å²) in [6.07, 6.45) is 0. The van der Waals surface area contributed by atoms with Crippen molar-refractivity contribution in [3.05, 3.63) is 71.0 Å². The molecule has 1 heterocycles. The molecule has 0 radical (unpaired) electrons. The number of quaternary nitrogens is 1. The SMILES string of the molecule is CC(C)C[NH+](CC(=O)N1CCS[C@@H]1c1ccc(F)cc1)Cc1cc(F)cc(F)c1. The van der Waals surface area contributed by atoms with Gasteiger partial charge in [0.25, 0.3) is 5.91 Å². The lowest BCUT2D eigenvalue weighted by atomic mass is 10.1. The van der Waals surface area contributed by atoms with Gasteiger partial charge in [0.15, 0.2) is 6.54 Å². The van der Waals surface area contributed by atoms with Gasteiger partial charge in [-0.3, -0.25) is 4.79 Å². The van der Waals surface area contributed by atoms with Gasteiger partial charge in [-0.2, -0.15) is 0 Å². The zero-order chi connectivity index (χ0) is 21.0. The Hall–Kier alpha value is -1.99. The summed E-state index contributed by atoms with van der Waals surface area (Å²) < 4.78 is 40.4. The monoisotopic (exact) mass is 423 g/mol. The summed E-state index contributed by atoms with van der Waals surface area (Å²) in [5, 5.41) is -0.130. The molecular formula is C22H26F3N2OS+. The quantitative estimate of drug-likeness (QED) is 0.738. The Morgan fingerprint density at radius 2 is 1.76 bits per heavy atom. The van der Waals surface area contributed by atoms with E-state index in [0.717, 1.165) is 22.3 Å². The fourth-order valence-electron chi connectivity index (χ4n) is 3.73. The van der Waals surface area contributed by atoms with Crippen molar-refractivity contribution in [1.82, 2.24) is 4.90 Å². The van der Waals surface area contributed by atoms with E-state index in [2.05, 4.69) is 13.8 Å². The zero-order valence-electron chi connectivity index (χ0n) is 16.6. The summed E-state index contributed by atoms with van der Waals surface area (Å²) in [5.74, 6) is -0.369. The summed E-state index contributed by atoms with van der Waals surface area (Å²) in [6, 6.07) is 9.74. The molecule has 1 aliphatic heterocycles. The fraction of sp³-hybridized carbons (Fsp3) is 0.409. The van der Waals surface area contributed by atoms with Crippen LogP contribution in [0.15, 0.2) is 42.5 Å². The predicted octanol–water partition coefficient (Wildman–Crippen LogP) is 3.42. The largest absolute Gasteiger partial charge is 0.323 e. The van der Waals surface area contributed by atoms with Crippen LogP contribution in [0.4, 0.5) is 13.2 Å². The first-order valence-electron chi connectivity index (χ1n) is 9.77. The van der Waals surface area contributed by atoms with Crippen LogP contribution >= 0.6 is 11.8 Å². The van der Waals surface area contributed by atoms with Crippen molar-refractivity contribution in [2.45, 2.75) is 25.8 Å². The highest BCUT2D eigenvalue weighted by Crippen LogP contribution is 2.37. The summed E-state index contributed by atoms with van der Waals surface area (Å²) in [4.78, 5) is 15.9. The Bertz CT molecular complexity index is 824. The van der Waals surface area contributed by atoms with E-state index < -0.39 is 11.6 Å². The number of amides is 1. The number of rotatable bonds is 7. The molecule has 1 fully saturated rings. The topological polar surface area (TPSA) is 24.8 Å². The molecule has 3 nitrogen and oxygen atoms in total. The van der Waals surface area contributed by atoms with Crippen LogP contribution in [0.2, 0.25) is 0 Å². The maximum Gasteiger partial charge on any atom is 0.278 e. The molecule has 0 aliphatic carbocycles. The molecule has 1 unspecified atom stereocenters. The molecular weight excluding hydrogens is 397 g/mol. The number of nitrogens with zero attached hydrogens (tertiary/aromatic N) is 1. The minimum atomic E-state index is -0.609. The number of hydrogen-bond donors (Lipinski definition) is 1. The summed E-state index contributed by atoms with van der Waals surface area (Å²) in [7, 11) is 0. The average molecular weight is 424 g/mol. The molecule has 1 aliphatic rings. The van der Waals surface area contributed by atoms with Crippen LogP contribution in [-0.2, 0) is 11.3 Å². The van der Waals surface area contributed by atoms with E-state index in [1.807, 2.05) is 4.90 Å². The molecule has 1 amide bonds. The second-order valence-electron chi connectivity index (χ2n) is 7.84. The van der Waals surface area contributed by atoms with Crippen LogP contribution in [-0.4, -0.2) is 36.2 Å². The molecule has 1 N–H and O–H groups in total. The highest BCUT2D eigenvalue weighted by atomic mass is 32.2. The van der Waals surface area contributed by atoms with Crippen LogP contribution < -0.4 is 4.90 Å². The van der Waals surface area contributed by atoms with Gasteiger partial charge in [0.1, 0.15) is 29.4 Å². The third-order valence-corrected chi connectivity index (χ3v) is 6.10. The van der Waals surface area contributed by atoms with Gasteiger partial charge in [-0.1, -0.05) is 26.0 Å². The summed E-state index contributed by atoms with van der Waals surface area (Å²) >= 11 is 1.66. The molecule has 2 aromatic rings. The van der Waals surface area contributed by atoms with Gasteiger partial charge in [-0.15, -0.1) is 11.8 Å². The number of halogens is 3. The number of thioether (sulfide) groups is 1. The minimum absolute atomic E-state index is 0.00292. The second kappa shape index (κ2) is 9.67. The number of hydrogen-bond acceptors (Lipinski definition) is 2. The van der Waals surface area contributed by atoms with E-state index in [4.69, 9.17) is 0 Å². The Kier molecular flexibility index (Phi) is 7.24. The first-order chi connectivity index (χ1) is 13.8. The van der Waals surface area contributed by atoms with Gasteiger partial charge in [0.05, 0.1) is 6.54 Å². The van der Waals surface area contributed by atoms with Gasteiger partial charge in [-0.25, -0.2) is 13.2 Å². The third kappa shape index (κ3) is 6.00. The van der Waals surface area contributed by atoms with Gasteiger partial charge in [0, 0.05) is 29.8 Å². The number of carbonyl (C=O) groups excluding carboxylic acids is 1. The second-order valence-corrected chi connectivity index (χ2v) is 9.03. The fourth-order valence-corrected chi connectivity index (χ4v) is 5.01. The molecule has 0 spiro atoms. The van der Waals surface area contributed by atoms with Crippen molar-refractivity contribution in [2.24, 2.45) is 5.92 Å². The summed E-state index contributed by atoms with van der Waals surface area (Å²) in [5.41, 5.74) is 1.44. The normalized spacial score (nSPS) is 17.7. The molecule has 0 bridgehead atoms. The van der Waals surface area contributed by atoms with Gasteiger partial charge in [0.2, 0.25) is 0 Å². The van der Waals surface area contributed by atoms with Crippen LogP contribution in [0.25, 0.3) is 0 Å². The standard InChI is InChI=1S/C22H25F3N2OS/c1-15(2)12-26(13-16-9-19(24)11-20(25)10-16)14-21(28)27-7-8-29-22(27)17-3-5-18(23)6-4-17/h3-6,9-11,15,22H,7-8,12-14H2,1-2H3/p+1/t22-/m1/s1. The maximum absolute atomic E-state index is 13.6. The van der Waals surface area contributed by atoms with E-state index in [1.54, 1.807) is 23.9 Å². The van der Waals surface area contributed by atoms with E-state index in [-0.39, 0.29) is 23.6 Å². The van der Waals surface area contributed by atoms with Gasteiger partial charge < -0.3 is 9.80 Å². The average Bonchev–Trinajstić information content (AvgIpc) is 3.10. The minimum Gasteiger partial charge on any atom is -0.323 e. The third-order valence-electron chi connectivity index (χ3n) is 4.84. The van der Waals surface area contributed by atoms with Crippen molar-refractivity contribution in [2.75, 3.05) is 25.4 Å². The number of carbonyl (C=O) groups is 1. The van der Waals surface area contributed by atoms with Crippen LogP contribution in [0.3, 0.4) is 0 Å². The number of benzene rings is 2. The zero-order valence-corrected chi connectivity index (χ0v) is 17.4. The van der Waals surface area contributed by atoms with Crippen molar-refractivity contribution < 1.29 is 22.9 Å². The Morgan fingerprint density at radius 1 is 1.10 bits per heavy atom. The Labute approximate surface area is 173 Å². The van der Waals surface area contributed by atoms with Crippen molar-refractivity contribution >= 4 is 17.7 Å². The van der Waals surface area contributed by atoms with Crippen LogP contribution in [0, 0.1) is 23.4 Å². The van der Waals surface area contributed by atoms with Crippen molar-refractivity contribution in [3.8, 4) is 0 Å². The highest BCUT2D eigenvalue weighted by molar-refractivity contribution is 7.99. The maximum atomic E-state index is 13.6. The molecule has 156 valence electrons. The van der Waals surface area contributed by atoms with Gasteiger partial charge in [-0.05, 0) is 29.8 Å². The van der Waals surface area contributed by atoms with E-state index in [9.17, 15) is 18.0 Å². The molecule has 1 saturated heterocycles. The molecule has 0 saturated carbocycles. The molecule has 7 heteroatoms. The lowest BCUT2D eigenvalue weighted by Crippen LogP contribution is -3.12. The summed E-state index contributed by atoms with van der Waals surface area (Å²) in [6.45, 7) is 6.09. The Morgan fingerprint density at radius 3 is 2.38 bits per heavy atom. The number of nitrogens with one attached hydrogen (secondary N) is 1. The highest BCUT2D eigenvalue weighted by Gasteiger charge is 2.32. The first-order valence-corrected chi connectivity index (χ1v) is 10.8.